The number of nitrogens with zero attached hydrogens (tertiary/aromatic N) is 2. The van der Waals surface area contributed by atoms with E-state index in [0.29, 0.717) is 12.2 Å². The number of rotatable bonds is 4. The Morgan fingerprint density at radius 3 is 3.00 bits per heavy atom. The van der Waals surface area contributed by atoms with Crippen molar-refractivity contribution in [3.05, 3.63) is 40.6 Å². The van der Waals surface area contributed by atoms with Crippen molar-refractivity contribution < 1.29 is 4.79 Å². The summed E-state index contributed by atoms with van der Waals surface area (Å²) in [6.07, 6.45) is 3.32. The van der Waals surface area contributed by atoms with Crippen molar-refractivity contribution in [1.82, 2.24) is 15.3 Å². The molecule has 2 N–H and O–H groups in total. The summed E-state index contributed by atoms with van der Waals surface area (Å²) in [5.41, 5.74) is 1.26. The normalized spacial score (nSPS) is 9.94. The van der Waals surface area contributed by atoms with Gasteiger partial charge in [0.15, 0.2) is 0 Å². The first-order valence-electron chi connectivity index (χ1n) is 5.10. The van der Waals surface area contributed by atoms with Gasteiger partial charge in [0, 0.05) is 30.5 Å². The number of pyridine rings is 1. The van der Waals surface area contributed by atoms with Crippen LogP contribution >= 0.6 is 11.3 Å². The highest BCUT2D eigenvalue weighted by atomic mass is 32.1. The highest BCUT2D eigenvalue weighted by molar-refractivity contribution is 7.09. The lowest BCUT2D eigenvalue weighted by Crippen LogP contribution is -2.23. The molecule has 1 amide bonds. The van der Waals surface area contributed by atoms with Crippen molar-refractivity contribution in [3.8, 4) is 0 Å². The van der Waals surface area contributed by atoms with E-state index in [-0.39, 0.29) is 5.91 Å². The van der Waals surface area contributed by atoms with Gasteiger partial charge >= 0.3 is 0 Å². The van der Waals surface area contributed by atoms with Gasteiger partial charge in [-0.3, -0.25) is 9.78 Å². The number of aromatic nitrogens is 2. The highest BCUT2D eigenvalue weighted by Gasteiger charge is 2.07. The number of nitrogens with one attached hydrogen (secondary N) is 2. The molecule has 88 valence electrons. The van der Waals surface area contributed by atoms with Crippen LogP contribution in [0, 0.1) is 0 Å². The molecule has 0 unspecified atom stereocenters. The summed E-state index contributed by atoms with van der Waals surface area (Å²) < 4.78 is 0. The highest BCUT2D eigenvalue weighted by Crippen LogP contribution is 2.07. The zero-order valence-electron chi connectivity index (χ0n) is 9.30. The molecule has 0 fully saturated rings. The summed E-state index contributed by atoms with van der Waals surface area (Å²) in [4.78, 5) is 19.9. The summed E-state index contributed by atoms with van der Waals surface area (Å²) in [6.45, 7) is 0.433. The number of thiazole rings is 1. The molecule has 0 spiro atoms. The molecule has 0 aliphatic carbocycles. The van der Waals surface area contributed by atoms with E-state index in [1.165, 1.54) is 11.3 Å². The van der Waals surface area contributed by atoms with E-state index in [9.17, 15) is 4.79 Å². The van der Waals surface area contributed by atoms with Gasteiger partial charge in [-0.15, -0.1) is 11.3 Å². The molecule has 0 radical (unpaired) electrons. The minimum atomic E-state index is -0.197. The zero-order valence-corrected chi connectivity index (χ0v) is 10.1. The van der Waals surface area contributed by atoms with E-state index in [0.717, 1.165) is 10.7 Å². The SMILES string of the molecule is CNc1ccnc(C(=O)NCc2nccs2)c1. The van der Waals surface area contributed by atoms with Gasteiger partial charge in [0.25, 0.3) is 5.91 Å². The molecule has 0 saturated heterocycles. The average molecular weight is 248 g/mol. The third-order valence-corrected chi connectivity index (χ3v) is 2.94. The Morgan fingerprint density at radius 1 is 1.41 bits per heavy atom. The van der Waals surface area contributed by atoms with Crippen molar-refractivity contribution in [2.24, 2.45) is 0 Å². The second-order valence-corrected chi connectivity index (χ2v) is 4.27. The Kier molecular flexibility index (Phi) is 3.66. The van der Waals surface area contributed by atoms with Crippen LogP contribution in [-0.4, -0.2) is 22.9 Å². The van der Waals surface area contributed by atoms with Gasteiger partial charge in [-0.1, -0.05) is 0 Å². The third kappa shape index (κ3) is 3.01. The lowest BCUT2D eigenvalue weighted by atomic mass is 10.3. The monoisotopic (exact) mass is 248 g/mol. The molecule has 0 saturated carbocycles. The Hall–Kier alpha value is -1.95. The fourth-order valence-electron chi connectivity index (χ4n) is 1.30. The topological polar surface area (TPSA) is 66.9 Å². The molecule has 0 atom stereocenters. The van der Waals surface area contributed by atoms with Crippen LogP contribution in [0.1, 0.15) is 15.5 Å². The summed E-state index contributed by atoms with van der Waals surface area (Å²) in [7, 11) is 1.80. The molecule has 0 aromatic carbocycles. The lowest BCUT2D eigenvalue weighted by molar-refractivity contribution is 0.0946. The first kappa shape index (κ1) is 11.5. The second kappa shape index (κ2) is 5.40. The molecule has 0 aliphatic heterocycles. The first-order chi connectivity index (χ1) is 8.29. The summed E-state index contributed by atoms with van der Waals surface area (Å²) >= 11 is 1.51. The number of hydrogen-bond acceptors (Lipinski definition) is 5. The van der Waals surface area contributed by atoms with Crippen LogP contribution < -0.4 is 10.6 Å². The molecule has 0 bridgehead atoms. The van der Waals surface area contributed by atoms with Crippen LogP contribution in [0.3, 0.4) is 0 Å². The standard InChI is InChI=1S/C11H12N4OS/c1-12-8-2-3-13-9(6-8)11(16)15-7-10-14-4-5-17-10/h2-6H,7H2,1H3,(H,12,13)(H,15,16). The van der Waals surface area contributed by atoms with Gasteiger partial charge in [0.2, 0.25) is 0 Å². The van der Waals surface area contributed by atoms with Crippen molar-refractivity contribution in [2.45, 2.75) is 6.54 Å². The smallest absolute Gasteiger partial charge is 0.270 e. The number of anilines is 1. The quantitative estimate of drug-likeness (QED) is 0.860. The van der Waals surface area contributed by atoms with Crippen LogP contribution in [0.15, 0.2) is 29.9 Å². The van der Waals surface area contributed by atoms with Gasteiger partial charge in [-0.25, -0.2) is 4.98 Å². The summed E-state index contributed by atoms with van der Waals surface area (Å²) in [6, 6.07) is 3.51. The first-order valence-corrected chi connectivity index (χ1v) is 5.98. The number of carbonyl (C=O) groups is 1. The fraction of sp³-hybridized carbons (Fsp3) is 0.182. The minimum Gasteiger partial charge on any atom is -0.388 e. The van der Waals surface area contributed by atoms with E-state index in [2.05, 4.69) is 20.6 Å². The van der Waals surface area contributed by atoms with E-state index in [4.69, 9.17) is 0 Å². The Balaban J connectivity index is 1.99. The van der Waals surface area contributed by atoms with Crippen molar-refractivity contribution >= 4 is 22.9 Å². The van der Waals surface area contributed by atoms with Crippen molar-refractivity contribution in [2.75, 3.05) is 12.4 Å². The summed E-state index contributed by atoms with van der Waals surface area (Å²) in [5, 5.41) is 8.49. The predicted octanol–water partition coefficient (Wildman–Crippen LogP) is 1.51. The maximum atomic E-state index is 11.8. The van der Waals surface area contributed by atoms with Crippen molar-refractivity contribution in [3.63, 3.8) is 0 Å². The number of carbonyl (C=O) groups excluding carboxylic acids is 1. The third-order valence-electron chi connectivity index (χ3n) is 2.16. The van der Waals surface area contributed by atoms with Crippen LogP contribution in [0.4, 0.5) is 5.69 Å². The molecule has 6 heteroatoms. The molecule has 5 nitrogen and oxygen atoms in total. The van der Waals surface area contributed by atoms with Crippen LogP contribution in [-0.2, 0) is 6.54 Å². The van der Waals surface area contributed by atoms with Crippen LogP contribution in [0.2, 0.25) is 0 Å². The van der Waals surface area contributed by atoms with Gasteiger partial charge in [-0.2, -0.15) is 0 Å². The molecule has 2 aromatic rings. The Bertz CT molecular complexity index is 498. The molecular formula is C11H12N4OS. The second-order valence-electron chi connectivity index (χ2n) is 3.29. The lowest BCUT2D eigenvalue weighted by Gasteiger charge is -2.04. The number of amides is 1. The number of hydrogen-bond donors (Lipinski definition) is 2. The maximum Gasteiger partial charge on any atom is 0.270 e. The van der Waals surface area contributed by atoms with E-state index >= 15 is 0 Å². The largest absolute Gasteiger partial charge is 0.388 e. The Morgan fingerprint density at radius 2 is 2.29 bits per heavy atom. The molecule has 0 aliphatic rings. The molecule has 17 heavy (non-hydrogen) atoms. The van der Waals surface area contributed by atoms with E-state index in [1.54, 1.807) is 31.6 Å². The molecule has 2 heterocycles. The predicted molar refractivity (Wildman–Crippen MR) is 67.1 cm³/mol. The van der Waals surface area contributed by atoms with E-state index in [1.807, 2.05) is 5.38 Å². The van der Waals surface area contributed by atoms with Crippen LogP contribution in [0.5, 0.6) is 0 Å². The average Bonchev–Trinajstić information content (AvgIpc) is 2.89. The Labute approximate surface area is 103 Å². The molecule has 2 aromatic heterocycles. The zero-order chi connectivity index (χ0) is 12.1. The van der Waals surface area contributed by atoms with Gasteiger partial charge in [-0.05, 0) is 12.1 Å². The van der Waals surface area contributed by atoms with Crippen LogP contribution in [0.25, 0.3) is 0 Å². The van der Waals surface area contributed by atoms with Gasteiger partial charge < -0.3 is 10.6 Å². The van der Waals surface area contributed by atoms with Gasteiger partial charge in [0.05, 0.1) is 6.54 Å². The molecular weight excluding hydrogens is 236 g/mol. The molecule has 2 rings (SSSR count). The minimum absolute atomic E-state index is 0.197. The van der Waals surface area contributed by atoms with E-state index < -0.39 is 0 Å². The summed E-state index contributed by atoms with van der Waals surface area (Å²) in [5.74, 6) is -0.197. The maximum absolute atomic E-state index is 11.8. The van der Waals surface area contributed by atoms with Crippen molar-refractivity contribution in [1.29, 1.82) is 0 Å². The fourth-order valence-corrected chi connectivity index (χ4v) is 1.85. The van der Waals surface area contributed by atoms with Gasteiger partial charge in [0.1, 0.15) is 10.7 Å².